The third-order valence-electron chi connectivity index (χ3n) is 0. The molecule has 0 atom stereocenters. The van der Waals surface area contributed by atoms with Crippen molar-refractivity contribution in [3.05, 3.63) is 0 Å². The molecule has 12 N–H and O–H groups in total. The molecule has 0 aliphatic heterocycles. The second-order valence-corrected chi connectivity index (χ2v) is 1.39. The fourth-order valence-electron chi connectivity index (χ4n) is 0. The van der Waals surface area contributed by atoms with Crippen LogP contribution in [0.2, 0.25) is 0 Å². The number of hydrogen-bond acceptors (Lipinski definition) is 12. The van der Waals surface area contributed by atoms with E-state index in [0.717, 1.165) is 0 Å². The van der Waals surface area contributed by atoms with Crippen molar-refractivity contribution in [1.82, 2.24) is 0 Å². The van der Waals surface area contributed by atoms with Gasteiger partial charge in [0.25, 0.3) is 0 Å². The fourth-order valence-corrected chi connectivity index (χ4v) is 0. The molecule has 0 saturated heterocycles. The van der Waals surface area contributed by atoms with Crippen LogP contribution >= 0.6 is 0 Å². The van der Waals surface area contributed by atoms with Gasteiger partial charge >= 0.3 is 80.7 Å². The predicted molar refractivity (Wildman–Crippen MR) is 56.8 cm³/mol. The Balaban J connectivity index is -0.0000000369. The summed E-state index contributed by atoms with van der Waals surface area (Å²) in [4.78, 5) is 0. The molecule has 0 aliphatic carbocycles. The topological polar surface area (TPSA) is 243 Å². The fraction of sp³-hybridized carbons (Fsp3) is 0. The minimum absolute atomic E-state index is 0. The summed E-state index contributed by atoms with van der Waals surface area (Å²) < 4.78 is 0. The summed E-state index contributed by atoms with van der Waals surface area (Å²) in [5.41, 5.74) is 0. The van der Waals surface area contributed by atoms with Crippen LogP contribution < -0.4 is 0 Å². The van der Waals surface area contributed by atoms with Crippen LogP contribution in [-0.2, 0) is 0 Å². The van der Waals surface area contributed by atoms with Gasteiger partial charge < -0.3 is 60.3 Å². The van der Waals surface area contributed by atoms with E-state index in [2.05, 4.69) is 0 Å². The Hall–Kier alpha value is 1.42. The summed E-state index contributed by atoms with van der Waals surface area (Å²) >= 11 is 0. The second kappa shape index (κ2) is 26.1. The number of rotatable bonds is 0. The first-order valence-corrected chi connectivity index (χ1v) is 3.10. The van der Waals surface area contributed by atoms with Crippen LogP contribution in [0.4, 0.5) is 0 Å². The monoisotopic (exact) mass is 288 g/mol. The van der Waals surface area contributed by atoms with Gasteiger partial charge in [-0.1, -0.05) is 0 Å². The quantitative estimate of drug-likeness (QED) is 0.186. The summed E-state index contributed by atoms with van der Waals surface area (Å²) in [5, 5.41) is 86.0. The van der Waals surface area contributed by atoms with Crippen molar-refractivity contribution in [3.8, 4) is 0 Å². The molecule has 0 saturated carbocycles. The van der Waals surface area contributed by atoms with E-state index in [1.165, 1.54) is 0 Å². The first kappa shape index (κ1) is 31.0. The molecule has 0 fully saturated rings. The van der Waals surface area contributed by atoms with E-state index in [9.17, 15) is 0 Å². The summed E-state index contributed by atoms with van der Waals surface area (Å²) in [6.07, 6.45) is 0. The third kappa shape index (κ3) is 2060. The molecule has 0 rings (SSSR count). The van der Waals surface area contributed by atoms with Crippen molar-refractivity contribution < 1.29 is 60.3 Å². The Kier molecular flexibility index (Phi) is 47.6. The third-order valence-corrected chi connectivity index (χ3v) is 0. The van der Waals surface area contributed by atoms with Crippen LogP contribution in [0.25, 0.3) is 0 Å². The molecule has 0 amide bonds. The summed E-state index contributed by atoms with van der Waals surface area (Å²) in [6.45, 7) is 0. The molecule has 0 aromatic heterocycles. The summed E-state index contributed by atoms with van der Waals surface area (Å²) in [7, 11) is -8.67. The van der Waals surface area contributed by atoms with E-state index in [0.29, 0.717) is 0 Å². The van der Waals surface area contributed by atoms with E-state index < -0.39 is 29.3 Å². The SMILES string of the molecule is OB(O)O.OB(O)O.OB(O)O.OB(O)O.[KH]. The zero-order chi connectivity index (χ0) is 14.3. The summed E-state index contributed by atoms with van der Waals surface area (Å²) in [5.74, 6) is 0. The van der Waals surface area contributed by atoms with Crippen LogP contribution in [0, 0.1) is 0 Å². The molecule has 12 nitrogen and oxygen atoms in total. The summed E-state index contributed by atoms with van der Waals surface area (Å²) in [6, 6.07) is 0. The molecule has 98 valence electrons. The Morgan fingerprint density at radius 1 is 0.294 bits per heavy atom. The average Bonchev–Trinajstić information content (AvgIpc) is 1.76. The second-order valence-electron chi connectivity index (χ2n) is 1.39. The van der Waals surface area contributed by atoms with Gasteiger partial charge in [0, 0.05) is 0 Å². The molecule has 17 heavy (non-hydrogen) atoms. The molecular formula is H13B4KO12. The molecule has 0 bridgehead atoms. The van der Waals surface area contributed by atoms with Gasteiger partial charge in [0.05, 0.1) is 0 Å². The van der Waals surface area contributed by atoms with Gasteiger partial charge in [0.2, 0.25) is 0 Å². The van der Waals surface area contributed by atoms with E-state index in [-0.39, 0.29) is 51.4 Å². The van der Waals surface area contributed by atoms with Crippen LogP contribution in [0.15, 0.2) is 0 Å². The zero-order valence-corrected chi connectivity index (χ0v) is 7.68. The molecule has 17 heteroatoms. The van der Waals surface area contributed by atoms with Crippen molar-refractivity contribution in [1.29, 1.82) is 0 Å². The minimum atomic E-state index is -2.17. The first-order valence-electron chi connectivity index (χ1n) is 3.10. The zero-order valence-electron chi connectivity index (χ0n) is 7.68. The first-order chi connectivity index (χ1) is 6.93. The predicted octanol–water partition coefficient (Wildman–Crippen LogP) is -8.86. The van der Waals surface area contributed by atoms with Crippen molar-refractivity contribution in [2.45, 2.75) is 0 Å². The van der Waals surface area contributed by atoms with Gasteiger partial charge in [-0.15, -0.1) is 0 Å². The van der Waals surface area contributed by atoms with Crippen molar-refractivity contribution in [3.63, 3.8) is 0 Å². The van der Waals surface area contributed by atoms with E-state index in [4.69, 9.17) is 60.3 Å². The molecule has 0 aliphatic rings. The van der Waals surface area contributed by atoms with Crippen molar-refractivity contribution in [2.24, 2.45) is 0 Å². The Morgan fingerprint density at radius 2 is 0.294 bits per heavy atom. The van der Waals surface area contributed by atoms with Gasteiger partial charge in [-0.05, 0) is 0 Å². The van der Waals surface area contributed by atoms with E-state index >= 15 is 0 Å². The van der Waals surface area contributed by atoms with Gasteiger partial charge in [-0.3, -0.25) is 0 Å². The Bertz CT molecular complexity index is 61.5. The standard InChI is InChI=1S/4BH3O3.K.H/c4*2-1(3)4;;/h4*2-4H;;. The van der Waals surface area contributed by atoms with Crippen LogP contribution in [-0.4, -0.2) is 141 Å². The maximum atomic E-state index is 7.17. The van der Waals surface area contributed by atoms with Crippen molar-refractivity contribution in [2.75, 3.05) is 0 Å². The normalized spacial score (nSPS) is 6.35. The molecule has 0 radical (unpaired) electrons. The Labute approximate surface area is 140 Å². The van der Waals surface area contributed by atoms with E-state index in [1.807, 2.05) is 0 Å². The van der Waals surface area contributed by atoms with Crippen molar-refractivity contribution >= 4 is 80.7 Å². The molecule has 0 aromatic carbocycles. The molecular weight excluding hydrogens is 274 g/mol. The Morgan fingerprint density at radius 3 is 0.294 bits per heavy atom. The van der Waals surface area contributed by atoms with E-state index in [1.54, 1.807) is 0 Å². The van der Waals surface area contributed by atoms with Crippen LogP contribution in [0.1, 0.15) is 0 Å². The van der Waals surface area contributed by atoms with Crippen LogP contribution in [0.5, 0.6) is 0 Å². The van der Waals surface area contributed by atoms with Gasteiger partial charge in [-0.2, -0.15) is 0 Å². The molecule has 0 aromatic rings. The molecule has 0 heterocycles. The maximum absolute atomic E-state index is 7.17. The van der Waals surface area contributed by atoms with Gasteiger partial charge in [0.1, 0.15) is 0 Å². The number of hydrogen-bond donors (Lipinski definition) is 12. The van der Waals surface area contributed by atoms with Crippen LogP contribution in [0.3, 0.4) is 0 Å². The van der Waals surface area contributed by atoms with Gasteiger partial charge in [-0.25, -0.2) is 0 Å². The van der Waals surface area contributed by atoms with Gasteiger partial charge in [0.15, 0.2) is 0 Å². The molecule has 0 spiro atoms. The molecule has 0 unspecified atom stereocenters. The average molecular weight is 287 g/mol.